The molecule has 5 heteroatoms. The van der Waals surface area contributed by atoms with Gasteiger partial charge in [-0.2, -0.15) is 0 Å². The van der Waals surface area contributed by atoms with E-state index >= 15 is 0 Å². The Morgan fingerprint density at radius 3 is 2.89 bits per heavy atom. The Morgan fingerprint density at radius 2 is 2.22 bits per heavy atom. The Labute approximate surface area is 119 Å². The lowest BCUT2D eigenvalue weighted by Crippen LogP contribution is -2.16. The molecular weight excluding hydrogens is 343 g/mol. The van der Waals surface area contributed by atoms with Crippen LogP contribution in [0.15, 0.2) is 29.1 Å². The molecule has 0 atom stereocenters. The van der Waals surface area contributed by atoms with Gasteiger partial charge >= 0.3 is 0 Å². The first-order valence-corrected chi connectivity index (χ1v) is 6.56. The van der Waals surface area contributed by atoms with Crippen molar-refractivity contribution >= 4 is 22.6 Å². The Balaban J connectivity index is 2.31. The number of halogens is 1. The molecule has 0 aliphatic rings. The van der Waals surface area contributed by atoms with E-state index in [4.69, 9.17) is 4.74 Å². The standard InChI is InChI=1S/C13H13IN2O2/c1-8-12(14)13(17)16-11(15-8)7-9-4-3-5-10(6-9)18-2/h3-6H,7H2,1-2H3,(H,15,16,17). The van der Waals surface area contributed by atoms with Crippen molar-refractivity contribution in [2.75, 3.05) is 7.11 Å². The lowest BCUT2D eigenvalue weighted by atomic mass is 10.1. The maximum absolute atomic E-state index is 11.6. The van der Waals surface area contributed by atoms with Crippen molar-refractivity contribution in [3.8, 4) is 5.75 Å². The van der Waals surface area contributed by atoms with E-state index in [1.165, 1.54) is 0 Å². The molecule has 0 saturated carbocycles. The first-order chi connectivity index (χ1) is 8.60. The fraction of sp³-hybridized carbons (Fsp3) is 0.231. The zero-order valence-electron chi connectivity index (χ0n) is 10.2. The summed E-state index contributed by atoms with van der Waals surface area (Å²) in [6.45, 7) is 1.84. The van der Waals surface area contributed by atoms with Crippen LogP contribution in [0, 0.1) is 10.5 Å². The molecule has 2 aromatic rings. The highest BCUT2D eigenvalue weighted by molar-refractivity contribution is 14.1. The van der Waals surface area contributed by atoms with Crippen LogP contribution in [0.1, 0.15) is 17.1 Å². The molecular formula is C13H13IN2O2. The van der Waals surface area contributed by atoms with Crippen LogP contribution in [0.4, 0.5) is 0 Å². The van der Waals surface area contributed by atoms with Gasteiger partial charge in [0.25, 0.3) is 5.56 Å². The monoisotopic (exact) mass is 356 g/mol. The van der Waals surface area contributed by atoms with E-state index in [9.17, 15) is 4.79 Å². The number of aryl methyl sites for hydroxylation is 1. The van der Waals surface area contributed by atoms with E-state index < -0.39 is 0 Å². The molecule has 94 valence electrons. The predicted molar refractivity (Wildman–Crippen MR) is 78.1 cm³/mol. The molecule has 4 nitrogen and oxygen atoms in total. The molecule has 18 heavy (non-hydrogen) atoms. The number of H-pyrrole nitrogens is 1. The number of aromatic amines is 1. The van der Waals surface area contributed by atoms with Gasteiger partial charge in [-0.1, -0.05) is 12.1 Å². The van der Waals surface area contributed by atoms with Crippen molar-refractivity contribution < 1.29 is 4.74 Å². The summed E-state index contributed by atoms with van der Waals surface area (Å²) in [6.07, 6.45) is 0.587. The zero-order chi connectivity index (χ0) is 13.1. The average molecular weight is 356 g/mol. The number of rotatable bonds is 3. The highest BCUT2D eigenvalue weighted by Gasteiger charge is 2.06. The van der Waals surface area contributed by atoms with Gasteiger partial charge in [-0.05, 0) is 47.2 Å². The van der Waals surface area contributed by atoms with Crippen LogP contribution in [-0.4, -0.2) is 17.1 Å². The van der Waals surface area contributed by atoms with Crippen LogP contribution in [-0.2, 0) is 6.42 Å². The van der Waals surface area contributed by atoms with Gasteiger partial charge < -0.3 is 9.72 Å². The Hall–Kier alpha value is -1.37. The lowest BCUT2D eigenvalue weighted by Gasteiger charge is -2.05. The van der Waals surface area contributed by atoms with Crippen molar-refractivity contribution in [1.82, 2.24) is 9.97 Å². The van der Waals surface area contributed by atoms with Crippen LogP contribution in [0.3, 0.4) is 0 Å². The van der Waals surface area contributed by atoms with Crippen LogP contribution in [0.2, 0.25) is 0 Å². The van der Waals surface area contributed by atoms with E-state index in [1.807, 2.05) is 53.8 Å². The Bertz CT molecular complexity index is 623. The van der Waals surface area contributed by atoms with Crippen molar-refractivity contribution in [2.24, 2.45) is 0 Å². The number of hydrogen-bond donors (Lipinski definition) is 1. The van der Waals surface area contributed by atoms with Gasteiger partial charge in [0.15, 0.2) is 0 Å². The van der Waals surface area contributed by atoms with Gasteiger partial charge in [-0.3, -0.25) is 4.79 Å². The minimum atomic E-state index is -0.0824. The maximum atomic E-state index is 11.6. The topological polar surface area (TPSA) is 55.0 Å². The lowest BCUT2D eigenvalue weighted by molar-refractivity contribution is 0.414. The molecule has 1 aromatic heterocycles. The molecule has 0 aliphatic heterocycles. The van der Waals surface area contributed by atoms with E-state index in [0.29, 0.717) is 15.8 Å². The first kappa shape index (κ1) is 13.1. The fourth-order valence-corrected chi connectivity index (χ4v) is 1.94. The Kier molecular flexibility index (Phi) is 4.00. The molecule has 0 unspecified atom stereocenters. The van der Waals surface area contributed by atoms with E-state index in [-0.39, 0.29) is 5.56 Å². The summed E-state index contributed by atoms with van der Waals surface area (Å²) >= 11 is 2.00. The molecule has 2 rings (SSSR count). The quantitative estimate of drug-likeness (QED) is 0.859. The summed E-state index contributed by atoms with van der Waals surface area (Å²) in [4.78, 5) is 18.8. The van der Waals surface area contributed by atoms with Crippen LogP contribution >= 0.6 is 22.6 Å². The summed E-state index contributed by atoms with van der Waals surface area (Å²) in [5, 5.41) is 0. The van der Waals surface area contributed by atoms with Gasteiger partial charge in [0.1, 0.15) is 11.6 Å². The second kappa shape index (κ2) is 5.51. The van der Waals surface area contributed by atoms with Gasteiger partial charge in [0.05, 0.1) is 16.4 Å². The second-order valence-corrected chi connectivity index (χ2v) is 5.02. The highest BCUT2D eigenvalue weighted by Crippen LogP contribution is 2.14. The molecule has 0 amide bonds. The summed E-state index contributed by atoms with van der Waals surface area (Å²) in [5.74, 6) is 1.48. The van der Waals surface area contributed by atoms with Gasteiger partial charge in [-0.15, -0.1) is 0 Å². The smallest absolute Gasteiger partial charge is 0.264 e. The number of hydrogen-bond acceptors (Lipinski definition) is 3. The van der Waals surface area contributed by atoms with Crippen molar-refractivity contribution in [2.45, 2.75) is 13.3 Å². The van der Waals surface area contributed by atoms with Crippen molar-refractivity contribution in [3.63, 3.8) is 0 Å². The maximum Gasteiger partial charge on any atom is 0.264 e. The molecule has 1 heterocycles. The number of ether oxygens (including phenoxy) is 1. The van der Waals surface area contributed by atoms with Gasteiger partial charge in [0, 0.05) is 6.42 Å². The Morgan fingerprint density at radius 1 is 1.44 bits per heavy atom. The van der Waals surface area contributed by atoms with E-state index in [2.05, 4.69) is 9.97 Å². The molecule has 1 N–H and O–H groups in total. The molecule has 0 aliphatic carbocycles. The zero-order valence-corrected chi connectivity index (χ0v) is 12.3. The third-order valence-electron chi connectivity index (χ3n) is 2.58. The number of methoxy groups -OCH3 is 1. The number of aromatic nitrogens is 2. The van der Waals surface area contributed by atoms with Gasteiger partial charge in [0.2, 0.25) is 0 Å². The first-order valence-electron chi connectivity index (χ1n) is 5.48. The van der Waals surface area contributed by atoms with Crippen LogP contribution < -0.4 is 10.3 Å². The van der Waals surface area contributed by atoms with E-state index in [1.54, 1.807) is 7.11 Å². The van der Waals surface area contributed by atoms with Crippen LogP contribution in [0.5, 0.6) is 5.75 Å². The number of nitrogens with zero attached hydrogens (tertiary/aromatic N) is 1. The van der Waals surface area contributed by atoms with Crippen molar-refractivity contribution in [3.05, 3.63) is 55.3 Å². The third-order valence-corrected chi connectivity index (χ3v) is 3.85. The fourth-order valence-electron chi connectivity index (χ4n) is 1.69. The predicted octanol–water partition coefficient (Wildman–Crippen LogP) is 2.28. The molecule has 0 saturated heterocycles. The molecule has 1 aromatic carbocycles. The number of nitrogens with one attached hydrogen (secondary N) is 1. The van der Waals surface area contributed by atoms with Crippen molar-refractivity contribution in [1.29, 1.82) is 0 Å². The third kappa shape index (κ3) is 2.90. The molecule has 0 spiro atoms. The second-order valence-electron chi connectivity index (χ2n) is 3.94. The summed E-state index contributed by atoms with van der Waals surface area (Å²) in [6, 6.07) is 7.73. The largest absolute Gasteiger partial charge is 0.497 e. The minimum absolute atomic E-state index is 0.0824. The van der Waals surface area contributed by atoms with Crippen LogP contribution in [0.25, 0.3) is 0 Å². The van der Waals surface area contributed by atoms with E-state index in [0.717, 1.165) is 17.0 Å². The SMILES string of the molecule is COc1cccc(Cc2nc(C)c(I)c(=O)[nH]2)c1. The summed E-state index contributed by atoms with van der Waals surface area (Å²) in [5.41, 5.74) is 1.73. The minimum Gasteiger partial charge on any atom is -0.497 e. The number of benzene rings is 1. The normalized spacial score (nSPS) is 10.4. The average Bonchev–Trinajstić information content (AvgIpc) is 2.36. The highest BCUT2D eigenvalue weighted by atomic mass is 127. The summed E-state index contributed by atoms with van der Waals surface area (Å²) < 4.78 is 5.81. The molecule has 0 bridgehead atoms. The summed E-state index contributed by atoms with van der Waals surface area (Å²) in [7, 11) is 1.63. The molecule has 0 fully saturated rings. The van der Waals surface area contributed by atoms with Gasteiger partial charge in [-0.25, -0.2) is 4.98 Å². The molecule has 0 radical (unpaired) electrons.